The van der Waals surface area contributed by atoms with Gasteiger partial charge in [-0.1, -0.05) is 15.9 Å². The second-order valence-corrected chi connectivity index (χ2v) is 4.04. The van der Waals surface area contributed by atoms with Crippen molar-refractivity contribution in [1.29, 1.82) is 0 Å². The molecular weight excluding hydrogens is 234 g/mol. The summed E-state index contributed by atoms with van der Waals surface area (Å²) in [6.45, 7) is 3.89. The van der Waals surface area contributed by atoms with Crippen LogP contribution < -0.4 is 5.32 Å². The molecule has 0 saturated carbocycles. The van der Waals surface area contributed by atoms with Crippen LogP contribution in [0.25, 0.3) is 0 Å². The number of hydrogen-bond acceptors (Lipinski definition) is 2. The summed E-state index contributed by atoms with van der Waals surface area (Å²) in [4.78, 5) is 11.5. The highest BCUT2D eigenvalue weighted by molar-refractivity contribution is 9.09. The maximum atomic E-state index is 11.5. The third-order valence-electron chi connectivity index (χ3n) is 1.57. The molecule has 0 bridgehead atoms. The van der Waals surface area contributed by atoms with E-state index in [2.05, 4.69) is 21.2 Å². The molecule has 1 heterocycles. The highest BCUT2D eigenvalue weighted by Gasteiger charge is 2.19. The van der Waals surface area contributed by atoms with Crippen LogP contribution in [0.3, 0.4) is 0 Å². The van der Waals surface area contributed by atoms with Crippen molar-refractivity contribution in [3.8, 4) is 0 Å². The van der Waals surface area contributed by atoms with Gasteiger partial charge in [0.15, 0.2) is 0 Å². The summed E-state index contributed by atoms with van der Waals surface area (Å²) in [7, 11) is 0. The summed E-state index contributed by atoms with van der Waals surface area (Å²) < 4.78 is 4.81. The van der Waals surface area contributed by atoms with Gasteiger partial charge < -0.3 is 9.73 Å². The molecule has 0 aromatic carbocycles. The first kappa shape index (κ1) is 10.3. The van der Waals surface area contributed by atoms with Gasteiger partial charge in [-0.3, -0.25) is 4.79 Å². The Kier molecular flexibility index (Phi) is 3.14. The molecule has 0 aliphatic rings. The topological polar surface area (TPSA) is 42.2 Å². The molecule has 1 rings (SSSR count). The van der Waals surface area contributed by atoms with Gasteiger partial charge in [-0.2, -0.15) is 0 Å². The maximum absolute atomic E-state index is 11.5. The van der Waals surface area contributed by atoms with Crippen molar-refractivity contribution in [1.82, 2.24) is 5.32 Å². The van der Waals surface area contributed by atoms with Gasteiger partial charge in [0, 0.05) is 10.9 Å². The predicted octanol–water partition coefficient (Wildman–Crippen LogP) is 2.18. The lowest BCUT2D eigenvalue weighted by Gasteiger charge is -2.22. The van der Waals surface area contributed by atoms with Gasteiger partial charge in [0.25, 0.3) is 5.91 Å². The number of rotatable bonds is 3. The average molecular weight is 246 g/mol. The molecule has 0 saturated heterocycles. The maximum Gasteiger partial charge on any atom is 0.254 e. The van der Waals surface area contributed by atoms with E-state index in [0.717, 1.165) is 0 Å². The molecular formula is C9H12BrNO2. The number of carbonyl (C=O) groups is 1. The number of furan rings is 1. The van der Waals surface area contributed by atoms with E-state index in [-0.39, 0.29) is 11.4 Å². The molecule has 0 aliphatic carbocycles. The lowest BCUT2D eigenvalue weighted by Crippen LogP contribution is -2.44. The third-order valence-corrected chi connectivity index (χ3v) is 2.97. The van der Waals surface area contributed by atoms with Crippen molar-refractivity contribution in [3.05, 3.63) is 24.2 Å². The fourth-order valence-corrected chi connectivity index (χ4v) is 0.947. The van der Waals surface area contributed by atoms with Gasteiger partial charge in [0.1, 0.15) is 6.26 Å². The Hall–Kier alpha value is -0.770. The Balaban J connectivity index is 2.61. The first-order chi connectivity index (χ1) is 6.05. The number of carbonyl (C=O) groups excluding carboxylic acids is 1. The van der Waals surface area contributed by atoms with E-state index in [0.29, 0.717) is 10.9 Å². The highest BCUT2D eigenvalue weighted by atomic mass is 79.9. The van der Waals surface area contributed by atoms with Crippen molar-refractivity contribution < 1.29 is 9.21 Å². The monoisotopic (exact) mass is 245 g/mol. The van der Waals surface area contributed by atoms with Crippen molar-refractivity contribution in [2.75, 3.05) is 5.33 Å². The van der Waals surface area contributed by atoms with E-state index >= 15 is 0 Å². The number of alkyl halides is 1. The fraction of sp³-hybridized carbons (Fsp3) is 0.444. The molecule has 72 valence electrons. The predicted molar refractivity (Wildman–Crippen MR) is 54.0 cm³/mol. The molecule has 0 aliphatic heterocycles. The quantitative estimate of drug-likeness (QED) is 0.830. The van der Waals surface area contributed by atoms with Crippen LogP contribution in [-0.4, -0.2) is 16.8 Å². The van der Waals surface area contributed by atoms with E-state index in [1.807, 2.05) is 13.8 Å². The van der Waals surface area contributed by atoms with E-state index in [1.54, 1.807) is 6.07 Å². The van der Waals surface area contributed by atoms with Gasteiger partial charge in [-0.15, -0.1) is 0 Å². The number of amides is 1. The zero-order valence-corrected chi connectivity index (χ0v) is 9.22. The lowest BCUT2D eigenvalue weighted by molar-refractivity contribution is 0.0920. The molecule has 1 N–H and O–H groups in total. The van der Waals surface area contributed by atoms with E-state index in [1.165, 1.54) is 12.5 Å². The second kappa shape index (κ2) is 3.96. The Bertz CT molecular complexity index is 280. The molecule has 4 heteroatoms. The van der Waals surface area contributed by atoms with Gasteiger partial charge in [-0.25, -0.2) is 0 Å². The number of hydrogen-bond donors (Lipinski definition) is 1. The molecule has 0 spiro atoms. The summed E-state index contributed by atoms with van der Waals surface area (Å²) in [5.74, 6) is -0.113. The van der Waals surface area contributed by atoms with E-state index < -0.39 is 0 Å². The van der Waals surface area contributed by atoms with Gasteiger partial charge in [-0.05, 0) is 19.9 Å². The Morgan fingerprint density at radius 2 is 2.38 bits per heavy atom. The standard InChI is InChI=1S/C9H12BrNO2/c1-9(2,6-10)11-8(12)7-3-4-13-5-7/h3-5H,6H2,1-2H3,(H,11,12). The van der Waals surface area contributed by atoms with Crippen LogP contribution in [0.4, 0.5) is 0 Å². The zero-order valence-electron chi connectivity index (χ0n) is 7.63. The van der Waals surface area contributed by atoms with Crippen LogP contribution in [0.2, 0.25) is 0 Å². The molecule has 0 radical (unpaired) electrons. The van der Waals surface area contributed by atoms with Gasteiger partial charge in [0.05, 0.1) is 11.8 Å². The van der Waals surface area contributed by atoms with Gasteiger partial charge >= 0.3 is 0 Å². The molecule has 1 aromatic rings. The molecule has 1 amide bonds. The number of nitrogens with one attached hydrogen (secondary N) is 1. The molecule has 3 nitrogen and oxygen atoms in total. The summed E-state index contributed by atoms with van der Waals surface area (Å²) in [6.07, 6.45) is 2.91. The van der Waals surface area contributed by atoms with Crippen molar-refractivity contribution in [2.24, 2.45) is 0 Å². The smallest absolute Gasteiger partial charge is 0.254 e. The van der Waals surface area contributed by atoms with Crippen molar-refractivity contribution in [2.45, 2.75) is 19.4 Å². The fourth-order valence-electron chi connectivity index (χ4n) is 0.807. The van der Waals surface area contributed by atoms with Crippen LogP contribution in [0.15, 0.2) is 23.0 Å². The summed E-state index contributed by atoms with van der Waals surface area (Å²) >= 11 is 3.32. The van der Waals surface area contributed by atoms with Crippen LogP contribution in [0, 0.1) is 0 Å². The van der Waals surface area contributed by atoms with Crippen molar-refractivity contribution in [3.63, 3.8) is 0 Å². The van der Waals surface area contributed by atoms with Crippen LogP contribution in [0.1, 0.15) is 24.2 Å². The number of halogens is 1. The molecule has 0 fully saturated rings. The Morgan fingerprint density at radius 3 is 2.85 bits per heavy atom. The Morgan fingerprint density at radius 1 is 1.69 bits per heavy atom. The van der Waals surface area contributed by atoms with E-state index in [4.69, 9.17) is 4.42 Å². The van der Waals surface area contributed by atoms with E-state index in [9.17, 15) is 4.79 Å². The Labute approximate surface area is 85.6 Å². The summed E-state index contributed by atoms with van der Waals surface area (Å²) in [5.41, 5.74) is 0.308. The minimum atomic E-state index is -0.242. The zero-order chi connectivity index (χ0) is 9.90. The molecule has 1 aromatic heterocycles. The molecule has 0 unspecified atom stereocenters. The summed E-state index contributed by atoms with van der Waals surface area (Å²) in [6, 6.07) is 1.64. The largest absolute Gasteiger partial charge is 0.472 e. The minimum Gasteiger partial charge on any atom is -0.472 e. The molecule has 0 atom stereocenters. The first-order valence-corrected chi connectivity index (χ1v) is 5.08. The van der Waals surface area contributed by atoms with Crippen LogP contribution in [-0.2, 0) is 0 Å². The van der Waals surface area contributed by atoms with Gasteiger partial charge in [0.2, 0.25) is 0 Å². The normalized spacial score (nSPS) is 11.3. The second-order valence-electron chi connectivity index (χ2n) is 3.48. The minimum absolute atomic E-state index is 0.113. The summed E-state index contributed by atoms with van der Waals surface area (Å²) in [5, 5.41) is 3.57. The van der Waals surface area contributed by atoms with Crippen molar-refractivity contribution >= 4 is 21.8 Å². The molecule has 13 heavy (non-hydrogen) atoms. The SMILES string of the molecule is CC(C)(CBr)NC(=O)c1ccoc1. The lowest BCUT2D eigenvalue weighted by atomic mass is 10.1. The third kappa shape index (κ3) is 2.88. The van der Waals surface area contributed by atoms with Crippen LogP contribution >= 0.6 is 15.9 Å². The van der Waals surface area contributed by atoms with Crippen LogP contribution in [0.5, 0.6) is 0 Å². The average Bonchev–Trinajstić information content (AvgIpc) is 2.55. The first-order valence-electron chi connectivity index (χ1n) is 3.96. The highest BCUT2D eigenvalue weighted by Crippen LogP contribution is 2.08.